The van der Waals surface area contributed by atoms with Crippen LogP contribution in [0.3, 0.4) is 0 Å². The third-order valence-corrected chi connectivity index (χ3v) is 3.46. The maximum Gasteiger partial charge on any atom is 0.418 e. The second kappa shape index (κ2) is 7.34. The molecule has 3 rings (SSSR count). The van der Waals surface area contributed by atoms with Gasteiger partial charge in [-0.3, -0.25) is 9.78 Å². The third kappa shape index (κ3) is 4.24. The number of hydrogen-bond donors (Lipinski definition) is 1. The predicted molar refractivity (Wildman–Crippen MR) is 85.9 cm³/mol. The Morgan fingerprint density at radius 2 is 1.96 bits per heavy atom. The van der Waals surface area contributed by atoms with Gasteiger partial charge in [0.25, 0.3) is 0 Å². The Morgan fingerprint density at radius 1 is 1.15 bits per heavy atom. The topological polar surface area (TPSA) is 80.9 Å². The summed E-state index contributed by atoms with van der Waals surface area (Å²) in [5.74, 6) is -0.0399. The Hall–Kier alpha value is -3.23. The van der Waals surface area contributed by atoms with Crippen LogP contribution in [-0.2, 0) is 17.4 Å². The first kappa shape index (κ1) is 17.6. The summed E-state index contributed by atoms with van der Waals surface area (Å²) in [5.41, 5.74) is -0.525. The minimum absolute atomic E-state index is 0.0964. The normalized spacial score (nSPS) is 11.3. The van der Waals surface area contributed by atoms with Gasteiger partial charge >= 0.3 is 6.18 Å². The number of benzene rings is 1. The monoisotopic (exact) mass is 362 g/mol. The van der Waals surface area contributed by atoms with Gasteiger partial charge in [0.05, 0.1) is 11.3 Å². The summed E-state index contributed by atoms with van der Waals surface area (Å²) < 4.78 is 43.8. The van der Waals surface area contributed by atoms with E-state index in [1.807, 2.05) is 0 Å². The molecule has 0 spiro atoms. The molecule has 9 heteroatoms. The SMILES string of the molecule is O=C(CCc1nc(-c2cccnc2)no1)Nc1ccccc1C(F)(F)F. The van der Waals surface area contributed by atoms with Gasteiger partial charge in [-0.2, -0.15) is 18.2 Å². The molecular weight excluding hydrogens is 349 g/mol. The highest BCUT2D eigenvalue weighted by Gasteiger charge is 2.33. The number of rotatable bonds is 5. The Bertz CT molecular complexity index is 894. The summed E-state index contributed by atoms with van der Waals surface area (Å²) in [5, 5.41) is 6.06. The zero-order valence-electron chi connectivity index (χ0n) is 13.3. The number of carbonyl (C=O) groups excluding carboxylic acids is 1. The summed E-state index contributed by atoms with van der Waals surface area (Å²) >= 11 is 0. The van der Waals surface area contributed by atoms with Crippen LogP contribution in [0.5, 0.6) is 0 Å². The largest absolute Gasteiger partial charge is 0.418 e. The second-order valence-electron chi connectivity index (χ2n) is 5.34. The van der Waals surface area contributed by atoms with Crippen LogP contribution in [0.15, 0.2) is 53.3 Å². The van der Waals surface area contributed by atoms with E-state index in [4.69, 9.17) is 4.52 Å². The molecule has 3 aromatic rings. The van der Waals surface area contributed by atoms with Gasteiger partial charge in [-0.25, -0.2) is 0 Å². The first-order valence-corrected chi connectivity index (χ1v) is 7.62. The van der Waals surface area contributed by atoms with E-state index in [1.54, 1.807) is 24.5 Å². The second-order valence-corrected chi connectivity index (χ2v) is 5.34. The van der Waals surface area contributed by atoms with Crippen LogP contribution in [0.1, 0.15) is 17.9 Å². The smallest absolute Gasteiger partial charge is 0.339 e. The Labute approximate surface area is 146 Å². The van der Waals surface area contributed by atoms with Gasteiger partial charge < -0.3 is 9.84 Å². The average Bonchev–Trinajstić information content (AvgIpc) is 3.09. The van der Waals surface area contributed by atoms with Crippen molar-refractivity contribution in [1.29, 1.82) is 0 Å². The molecule has 0 atom stereocenters. The number of anilines is 1. The molecule has 0 unspecified atom stereocenters. The molecule has 1 aromatic carbocycles. The number of pyridine rings is 1. The zero-order chi connectivity index (χ0) is 18.6. The molecule has 2 heterocycles. The van der Waals surface area contributed by atoms with Crippen molar-refractivity contribution in [2.24, 2.45) is 0 Å². The van der Waals surface area contributed by atoms with Gasteiger partial charge in [0.1, 0.15) is 0 Å². The zero-order valence-corrected chi connectivity index (χ0v) is 13.3. The molecule has 0 radical (unpaired) electrons. The standard InChI is InChI=1S/C17H13F3N4O2/c18-17(19,20)12-5-1-2-6-13(12)22-14(25)7-8-15-23-16(24-26-15)11-4-3-9-21-10-11/h1-6,9-10H,7-8H2,(H,22,25). The third-order valence-electron chi connectivity index (χ3n) is 3.46. The van der Waals surface area contributed by atoms with E-state index in [-0.39, 0.29) is 24.4 Å². The predicted octanol–water partition coefficient (Wildman–Crippen LogP) is 3.72. The lowest BCUT2D eigenvalue weighted by Crippen LogP contribution is -2.16. The van der Waals surface area contributed by atoms with Crippen LogP contribution in [0.2, 0.25) is 0 Å². The number of aryl methyl sites for hydroxylation is 1. The van der Waals surface area contributed by atoms with Gasteiger partial charge in [0.15, 0.2) is 0 Å². The van der Waals surface area contributed by atoms with Gasteiger partial charge in [0.2, 0.25) is 17.6 Å². The maximum atomic E-state index is 12.9. The molecule has 0 aliphatic carbocycles. The lowest BCUT2D eigenvalue weighted by molar-refractivity contribution is -0.137. The van der Waals surface area contributed by atoms with Crippen molar-refractivity contribution >= 4 is 11.6 Å². The van der Waals surface area contributed by atoms with Crippen molar-refractivity contribution in [3.05, 3.63) is 60.2 Å². The molecule has 0 bridgehead atoms. The average molecular weight is 362 g/mol. The Balaban J connectivity index is 1.61. The molecule has 0 aliphatic rings. The van der Waals surface area contributed by atoms with E-state index in [0.29, 0.717) is 11.4 Å². The lowest BCUT2D eigenvalue weighted by Gasteiger charge is -2.13. The molecular formula is C17H13F3N4O2. The maximum absolute atomic E-state index is 12.9. The number of amides is 1. The van der Waals surface area contributed by atoms with Crippen molar-refractivity contribution < 1.29 is 22.5 Å². The molecule has 0 saturated carbocycles. The number of carbonyl (C=O) groups is 1. The quantitative estimate of drug-likeness (QED) is 0.748. The molecule has 134 valence electrons. The van der Waals surface area contributed by atoms with E-state index in [0.717, 1.165) is 6.07 Å². The molecule has 0 fully saturated rings. The summed E-state index contributed by atoms with van der Waals surface area (Å²) in [6.45, 7) is 0. The molecule has 1 N–H and O–H groups in total. The fourth-order valence-corrected chi connectivity index (χ4v) is 2.24. The minimum atomic E-state index is -4.55. The van der Waals surface area contributed by atoms with Crippen molar-refractivity contribution in [2.45, 2.75) is 19.0 Å². The first-order valence-electron chi connectivity index (χ1n) is 7.62. The molecule has 6 nitrogen and oxygen atoms in total. The highest BCUT2D eigenvalue weighted by molar-refractivity contribution is 5.91. The van der Waals surface area contributed by atoms with Crippen molar-refractivity contribution in [3.63, 3.8) is 0 Å². The fourth-order valence-electron chi connectivity index (χ4n) is 2.24. The van der Waals surface area contributed by atoms with Crippen LogP contribution >= 0.6 is 0 Å². The van der Waals surface area contributed by atoms with E-state index in [9.17, 15) is 18.0 Å². The summed E-state index contributed by atoms with van der Waals surface area (Å²) in [6, 6.07) is 8.26. The number of aromatic nitrogens is 3. The molecule has 26 heavy (non-hydrogen) atoms. The van der Waals surface area contributed by atoms with Crippen LogP contribution in [0.25, 0.3) is 11.4 Å². The number of halogens is 3. The molecule has 2 aromatic heterocycles. The van der Waals surface area contributed by atoms with E-state index >= 15 is 0 Å². The summed E-state index contributed by atoms with van der Waals surface area (Å²) in [4.78, 5) is 20.0. The first-order chi connectivity index (χ1) is 12.4. The number of hydrogen-bond acceptors (Lipinski definition) is 5. The number of alkyl halides is 3. The van der Waals surface area contributed by atoms with Crippen LogP contribution in [0.4, 0.5) is 18.9 Å². The van der Waals surface area contributed by atoms with E-state index in [1.165, 1.54) is 18.2 Å². The van der Waals surface area contributed by atoms with E-state index < -0.39 is 17.6 Å². The highest BCUT2D eigenvalue weighted by atomic mass is 19.4. The van der Waals surface area contributed by atoms with Crippen molar-refractivity contribution in [1.82, 2.24) is 15.1 Å². The Kier molecular flexibility index (Phi) is 4.97. The van der Waals surface area contributed by atoms with Gasteiger partial charge in [-0.05, 0) is 24.3 Å². The van der Waals surface area contributed by atoms with Crippen molar-refractivity contribution in [2.75, 3.05) is 5.32 Å². The number of nitrogens with one attached hydrogen (secondary N) is 1. The lowest BCUT2D eigenvalue weighted by atomic mass is 10.1. The molecule has 1 amide bonds. The Morgan fingerprint density at radius 3 is 2.69 bits per heavy atom. The van der Waals surface area contributed by atoms with E-state index in [2.05, 4.69) is 20.4 Å². The summed E-state index contributed by atoms with van der Waals surface area (Å²) in [6.07, 6.45) is -1.37. The number of nitrogens with zero attached hydrogens (tertiary/aromatic N) is 3. The van der Waals surface area contributed by atoms with Crippen LogP contribution in [0, 0.1) is 0 Å². The van der Waals surface area contributed by atoms with Crippen LogP contribution in [-0.4, -0.2) is 21.0 Å². The fraction of sp³-hybridized carbons (Fsp3) is 0.176. The highest BCUT2D eigenvalue weighted by Crippen LogP contribution is 2.34. The molecule has 0 saturated heterocycles. The van der Waals surface area contributed by atoms with Crippen molar-refractivity contribution in [3.8, 4) is 11.4 Å². The number of para-hydroxylation sites is 1. The molecule has 0 aliphatic heterocycles. The van der Waals surface area contributed by atoms with Gasteiger partial charge in [-0.15, -0.1) is 0 Å². The van der Waals surface area contributed by atoms with Crippen LogP contribution < -0.4 is 5.32 Å². The van der Waals surface area contributed by atoms with Gasteiger partial charge in [-0.1, -0.05) is 17.3 Å². The minimum Gasteiger partial charge on any atom is -0.339 e. The summed E-state index contributed by atoms with van der Waals surface area (Å²) in [7, 11) is 0. The van der Waals surface area contributed by atoms with Gasteiger partial charge in [0, 0.05) is 30.8 Å².